The Balaban J connectivity index is 2.32. The van der Waals surface area contributed by atoms with Crippen LogP contribution in [0.4, 0.5) is 10.5 Å². The molecule has 104 valence electrons. The second-order valence-electron chi connectivity index (χ2n) is 4.94. The maximum absolute atomic E-state index is 11.8. The highest BCUT2D eigenvalue weighted by atomic mass is 16.6. The summed E-state index contributed by atoms with van der Waals surface area (Å²) in [7, 11) is 1.60. The zero-order chi connectivity index (χ0) is 14.0. The molecule has 5 nitrogen and oxygen atoms in total. The third-order valence-corrected chi connectivity index (χ3v) is 3.30. The molecule has 1 aliphatic heterocycles. The lowest BCUT2D eigenvalue weighted by Crippen LogP contribution is -2.27. The van der Waals surface area contributed by atoms with E-state index < -0.39 is 0 Å². The average molecular weight is 264 g/mol. The Bertz CT molecular complexity index is 474. The molecule has 0 radical (unpaired) electrons. The summed E-state index contributed by atoms with van der Waals surface area (Å²) in [5.74, 6) is 1.09. The lowest BCUT2D eigenvalue weighted by atomic mass is 10.0. The van der Waals surface area contributed by atoms with Gasteiger partial charge in [0, 0.05) is 6.54 Å². The second kappa shape index (κ2) is 5.48. The molecule has 1 unspecified atom stereocenters. The van der Waals surface area contributed by atoms with Crippen molar-refractivity contribution in [2.75, 3.05) is 25.1 Å². The molecular weight excluding hydrogens is 244 g/mol. The number of cyclic esters (lactones) is 1. The molecule has 1 aromatic rings. The van der Waals surface area contributed by atoms with Crippen molar-refractivity contribution in [3.63, 3.8) is 0 Å². The molecule has 1 fully saturated rings. The summed E-state index contributed by atoms with van der Waals surface area (Å²) in [6.45, 7) is 5.02. The van der Waals surface area contributed by atoms with Gasteiger partial charge in [-0.2, -0.15) is 0 Å². The van der Waals surface area contributed by atoms with Crippen LogP contribution >= 0.6 is 0 Å². The van der Waals surface area contributed by atoms with Crippen LogP contribution in [0.1, 0.15) is 25.3 Å². The maximum atomic E-state index is 11.8. The van der Waals surface area contributed by atoms with Gasteiger partial charge >= 0.3 is 6.09 Å². The summed E-state index contributed by atoms with van der Waals surface area (Å²) in [6, 6.07) is 5.86. The third kappa shape index (κ3) is 2.66. The van der Waals surface area contributed by atoms with Crippen LogP contribution in [0, 0.1) is 0 Å². The Morgan fingerprint density at radius 3 is 2.79 bits per heavy atom. The van der Waals surface area contributed by atoms with Gasteiger partial charge in [-0.3, -0.25) is 4.90 Å². The lowest BCUT2D eigenvalue weighted by Gasteiger charge is -2.18. The fraction of sp³-hybridized carbons (Fsp3) is 0.500. The van der Waals surface area contributed by atoms with Crippen LogP contribution in [0.2, 0.25) is 0 Å². The smallest absolute Gasteiger partial charge is 0.414 e. The van der Waals surface area contributed by atoms with Gasteiger partial charge in [0.05, 0.1) is 19.3 Å². The SMILES string of the molecule is COc1cc(C(C)C)ccc1N1CC(CN)OC1=O. The molecule has 1 aliphatic rings. The summed E-state index contributed by atoms with van der Waals surface area (Å²) >= 11 is 0. The fourth-order valence-electron chi connectivity index (χ4n) is 2.12. The Morgan fingerprint density at radius 2 is 2.26 bits per heavy atom. The van der Waals surface area contributed by atoms with Crippen molar-refractivity contribution >= 4 is 11.8 Å². The van der Waals surface area contributed by atoms with Crippen LogP contribution in [0.25, 0.3) is 0 Å². The number of ether oxygens (including phenoxy) is 2. The average Bonchev–Trinajstić information content (AvgIpc) is 2.79. The number of nitrogens with zero attached hydrogens (tertiary/aromatic N) is 1. The van der Waals surface area contributed by atoms with Crippen LogP contribution in [0.15, 0.2) is 18.2 Å². The predicted octanol–water partition coefficient (Wildman–Crippen LogP) is 2.10. The molecule has 5 heteroatoms. The Morgan fingerprint density at radius 1 is 1.53 bits per heavy atom. The number of methoxy groups -OCH3 is 1. The predicted molar refractivity (Wildman–Crippen MR) is 73.8 cm³/mol. The molecule has 2 N–H and O–H groups in total. The van der Waals surface area contributed by atoms with Gasteiger partial charge in [-0.1, -0.05) is 19.9 Å². The van der Waals surface area contributed by atoms with Crippen molar-refractivity contribution in [2.24, 2.45) is 5.73 Å². The first-order valence-corrected chi connectivity index (χ1v) is 6.43. The highest BCUT2D eigenvalue weighted by molar-refractivity contribution is 5.91. The van der Waals surface area contributed by atoms with E-state index in [1.54, 1.807) is 12.0 Å². The monoisotopic (exact) mass is 264 g/mol. The van der Waals surface area contributed by atoms with Crippen LogP contribution in [-0.4, -0.2) is 32.4 Å². The minimum absolute atomic E-state index is 0.248. The number of benzene rings is 1. The van der Waals surface area contributed by atoms with Gasteiger partial charge in [0.2, 0.25) is 0 Å². The summed E-state index contributed by atoms with van der Waals surface area (Å²) in [6.07, 6.45) is -0.618. The van der Waals surface area contributed by atoms with E-state index >= 15 is 0 Å². The molecule has 1 amide bonds. The summed E-state index contributed by atoms with van der Waals surface area (Å²) in [4.78, 5) is 13.4. The van der Waals surface area contributed by atoms with Crippen molar-refractivity contribution in [3.05, 3.63) is 23.8 Å². The van der Waals surface area contributed by atoms with E-state index in [9.17, 15) is 4.79 Å². The van der Waals surface area contributed by atoms with E-state index in [1.165, 1.54) is 5.56 Å². The van der Waals surface area contributed by atoms with Gasteiger partial charge in [-0.05, 0) is 23.6 Å². The first kappa shape index (κ1) is 13.7. The van der Waals surface area contributed by atoms with E-state index in [1.807, 2.05) is 18.2 Å². The van der Waals surface area contributed by atoms with E-state index in [2.05, 4.69) is 13.8 Å². The highest BCUT2D eigenvalue weighted by Crippen LogP contribution is 2.34. The molecule has 0 bridgehead atoms. The van der Waals surface area contributed by atoms with E-state index in [4.69, 9.17) is 15.2 Å². The molecule has 0 saturated carbocycles. The third-order valence-electron chi connectivity index (χ3n) is 3.30. The number of hydrogen-bond acceptors (Lipinski definition) is 4. The van der Waals surface area contributed by atoms with Crippen molar-refractivity contribution in [1.82, 2.24) is 0 Å². The van der Waals surface area contributed by atoms with Crippen molar-refractivity contribution in [2.45, 2.75) is 25.9 Å². The minimum Gasteiger partial charge on any atom is -0.495 e. The van der Waals surface area contributed by atoms with Gasteiger partial charge in [0.15, 0.2) is 0 Å². The van der Waals surface area contributed by atoms with Crippen LogP contribution in [-0.2, 0) is 4.74 Å². The summed E-state index contributed by atoms with van der Waals surface area (Å²) in [5.41, 5.74) is 7.44. The molecule has 2 rings (SSSR count). The number of anilines is 1. The number of rotatable bonds is 4. The lowest BCUT2D eigenvalue weighted by molar-refractivity contribution is 0.145. The standard InChI is InChI=1S/C14H20N2O3/c1-9(2)10-4-5-12(13(6-10)18-3)16-8-11(7-15)19-14(16)17/h4-6,9,11H,7-8,15H2,1-3H3. The zero-order valence-electron chi connectivity index (χ0n) is 11.6. The highest BCUT2D eigenvalue weighted by Gasteiger charge is 2.33. The van der Waals surface area contributed by atoms with Gasteiger partial charge in [-0.25, -0.2) is 4.79 Å². The summed E-state index contributed by atoms with van der Waals surface area (Å²) in [5, 5.41) is 0. The Kier molecular flexibility index (Phi) is 3.95. The quantitative estimate of drug-likeness (QED) is 0.904. The number of hydrogen-bond donors (Lipinski definition) is 1. The molecule has 1 heterocycles. The first-order chi connectivity index (χ1) is 9.06. The van der Waals surface area contributed by atoms with E-state index in [0.29, 0.717) is 24.8 Å². The van der Waals surface area contributed by atoms with Gasteiger partial charge in [-0.15, -0.1) is 0 Å². The number of amides is 1. The number of nitrogens with two attached hydrogens (primary N) is 1. The van der Waals surface area contributed by atoms with E-state index in [0.717, 1.165) is 5.69 Å². The van der Waals surface area contributed by atoms with E-state index in [-0.39, 0.29) is 12.2 Å². The molecule has 0 aliphatic carbocycles. The van der Waals surface area contributed by atoms with Crippen LogP contribution in [0.3, 0.4) is 0 Å². The van der Waals surface area contributed by atoms with Crippen LogP contribution in [0.5, 0.6) is 5.75 Å². The number of carbonyl (C=O) groups is 1. The van der Waals surface area contributed by atoms with Crippen molar-refractivity contribution in [3.8, 4) is 5.75 Å². The Hall–Kier alpha value is -1.75. The van der Waals surface area contributed by atoms with Gasteiger partial charge < -0.3 is 15.2 Å². The topological polar surface area (TPSA) is 64.8 Å². The second-order valence-corrected chi connectivity index (χ2v) is 4.94. The van der Waals surface area contributed by atoms with Gasteiger partial charge in [0.1, 0.15) is 11.9 Å². The molecule has 19 heavy (non-hydrogen) atoms. The molecular formula is C14H20N2O3. The maximum Gasteiger partial charge on any atom is 0.414 e. The Labute approximate surface area is 113 Å². The number of carbonyl (C=O) groups excluding carboxylic acids is 1. The first-order valence-electron chi connectivity index (χ1n) is 6.43. The van der Waals surface area contributed by atoms with Crippen LogP contribution < -0.4 is 15.4 Å². The summed E-state index contributed by atoms with van der Waals surface area (Å²) < 4.78 is 10.5. The largest absolute Gasteiger partial charge is 0.495 e. The van der Waals surface area contributed by atoms with Gasteiger partial charge in [0.25, 0.3) is 0 Å². The van der Waals surface area contributed by atoms with Crippen molar-refractivity contribution < 1.29 is 14.3 Å². The molecule has 1 atom stereocenters. The normalized spacial score (nSPS) is 18.9. The molecule has 0 spiro atoms. The molecule has 1 aromatic carbocycles. The molecule has 1 saturated heterocycles. The molecule has 0 aromatic heterocycles. The van der Waals surface area contributed by atoms with Crippen molar-refractivity contribution in [1.29, 1.82) is 0 Å². The zero-order valence-corrected chi connectivity index (χ0v) is 11.6. The fourth-order valence-corrected chi connectivity index (χ4v) is 2.12. The minimum atomic E-state index is -0.369.